The van der Waals surface area contributed by atoms with E-state index in [1.165, 1.54) is 38.8 Å². The lowest BCUT2D eigenvalue weighted by Gasteiger charge is -2.30. The van der Waals surface area contributed by atoms with Crippen LogP contribution in [0.3, 0.4) is 0 Å². The van der Waals surface area contributed by atoms with Crippen LogP contribution in [0.5, 0.6) is 0 Å². The molecule has 2 aliphatic heterocycles. The second-order valence-corrected chi connectivity index (χ2v) is 6.83. The number of hydrogen-bond acceptors (Lipinski definition) is 5. The molecule has 0 N–H and O–H groups in total. The van der Waals surface area contributed by atoms with Gasteiger partial charge in [0.1, 0.15) is 5.57 Å². The van der Waals surface area contributed by atoms with Gasteiger partial charge < -0.3 is 14.4 Å². The van der Waals surface area contributed by atoms with Crippen LogP contribution in [-0.4, -0.2) is 30.8 Å². The molecule has 0 aromatic heterocycles. The van der Waals surface area contributed by atoms with Crippen LogP contribution in [0, 0.1) is 6.92 Å². The van der Waals surface area contributed by atoms with Crippen LogP contribution >= 0.6 is 0 Å². The molecule has 5 nitrogen and oxygen atoms in total. The van der Waals surface area contributed by atoms with Crippen LogP contribution in [-0.2, 0) is 19.1 Å². The van der Waals surface area contributed by atoms with Crippen molar-refractivity contribution in [1.29, 1.82) is 0 Å². The van der Waals surface area contributed by atoms with Gasteiger partial charge in [-0.3, -0.25) is 0 Å². The first kappa shape index (κ1) is 16.6. The average Bonchev–Trinajstić information content (AvgIpc) is 2.52. The topological polar surface area (TPSA) is 55.8 Å². The minimum atomic E-state index is -1.21. The monoisotopic (exact) mass is 329 g/mol. The molecular weight excluding hydrogens is 306 g/mol. The number of nitrogens with zero attached hydrogens (tertiary/aromatic N) is 1. The lowest BCUT2D eigenvalue weighted by atomic mass is 10.0. The molecule has 0 radical (unpaired) electrons. The van der Waals surface area contributed by atoms with E-state index in [9.17, 15) is 9.59 Å². The number of hydrogen-bond donors (Lipinski definition) is 0. The Balaban J connectivity index is 1.85. The van der Waals surface area contributed by atoms with E-state index in [0.717, 1.165) is 24.2 Å². The smallest absolute Gasteiger partial charge is 0.348 e. The Hall–Kier alpha value is -2.30. The van der Waals surface area contributed by atoms with Crippen LogP contribution in [0.15, 0.2) is 23.8 Å². The van der Waals surface area contributed by atoms with Crippen molar-refractivity contribution in [1.82, 2.24) is 0 Å². The molecule has 0 amide bonds. The van der Waals surface area contributed by atoms with Crippen LogP contribution in [0.1, 0.15) is 44.2 Å². The van der Waals surface area contributed by atoms with Gasteiger partial charge in [-0.15, -0.1) is 0 Å². The van der Waals surface area contributed by atoms with Gasteiger partial charge in [0.25, 0.3) is 5.79 Å². The van der Waals surface area contributed by atoms with Crippen LogP contribution in [0.4, 0.5) is 5.69 Å². The van der Waals surface area contributed by atoms with Gasteiger partial charge in [0, 0.05) is 32.6 Å². The van der Waals surface area contributed by atoms with E-state index in [0.29, 0.717) is 0 Å². The Morgan fingerprint density at radius 1 is 1.04 bits per heavy atom. The molecule has 0 atom stereocenters. The Labute approximate surface area is 142 Å². The number of esters is 2. The quantitative estimate of drug-likeness (QED) is 0.474. The van der Waals surface area contributed by atoms with E-state index >= 15 is 0 Å². The third-order valence-corrected chi connectivity index (χ3v) is 4.39. The molecule has 0 aliphatic carbocycles. The summed E-state index contributed by atoms with van der Waals surface area (Å²) in [5.41, 5.74) is 2.95. The summed E-state index contributed by atoms with van der Waals surface area (Å²) in [6, 6.07) is 6.07. The molecule has 2 heterocycles. The largest absolute Gasteiger partial charge is 0.419 e. The van der Waals surface area contributed by atoms with Crippen molar-refractivity contribution >= 4 is 23.7 Å². The van der Waals surface area contributed by atoms with Gasteiger partial charge in [0.15, 0.2) is 0 Å². The number of cyclic esters (lactones) is 2. The highest BCUT2D eigenvalue weighted by Crippen LogP contribution is 2.27. The van der Waals surface area contributed by atoms with Crippen molar-refractivity contribution in [3.8, 4) is 0 Å². The summed E-state index contributed by atoms with van der Waals surface area (Å²) in [4.78, 5) is 26.5. The molecule has 128 valence electrons. The van der Waals surface area contributed by atoms with Gasteiger partial charge in [-0.05, 0) is 55.5 Å². The highest BCUT2D eigenvalue weighted by atomic mass is 16.7. The summed E-state index contributed by atoms with van der Waals surface area (Å²) in [5.74, 6) is -2.50. The highest BCUT2D eigenvalue weighted by molar-refractivity contribution is 6.18. The van der Waals surface area contributed by atoms with E-state index < -0.39 is 17.7 Å². The van der Waals surface area contributed by atoms with Crippen molar-refractivity contribution < 1.29 is 19.1 Å². The minimum absolute atomic E-state index is 0.0665. The van der Waals surface area contributed by atoms with E-state index in [1.54, 1.807) is 6.08 Å². The summed E-state index contributed by atoms with van der Waals surface area (Å²) < 4.78 is 10.3. The average molecular weight is 329 g/mol. The summed E-state index contributed by atoms with van der Waals surface area (Å²) in [6.45, 7) is 7.21. The van der Waals surface area contributed by atoms with E-state index in [2.05, 4.69) is 11.0 Å². The molecule has 2 aliphatic rings. The standard InChI is InChI=1S/C19H23NO4/c1-13-11-15(20-9-5-4-6-10-20)8-7-14(13)12-16-17(21)23-19(2,3)24-18(16)22/h7-8,11-12H,4-6,9-10H2,1-3H3. The molecule has 24 heavy (non-hydrogen) atoms. The second-order valence-electron chi connectivity index (χ2n) is 6.83. The van der Waals surface area contributed by atoms with Crippen LogP contribution in [0.25, 0.3) is 6.08 Å². The van der Waals surface area contributed by atoms with Crippen molar-refractivity contribution in [2.24, 2.45) is 0 Å². The normalized spacial score (nSPS) is 20.5. The van der Waals surface area contributed by atoms with Crippen LogP contribution < -0.4 is 4.90 Å². The first-order valence-electron chi connectivity index (χ1n) is 8.40. The molecule has 0 bridgehead atoms. The maximum atomic E-state index is 12.1. The minimum Gasteiger partial charge on any atom is -0.419 e. The first-order chi connectivity index (χ1) is 11.4. The molecular formula is C19H23NO4. The number of aryl methyl sites for hydroxylation is 1. The number of benzene rings is 1. The fourth-order valence-electron chi connectivity index (χ4n) is 3.10. The zero-order valence-electron chi connectivity index (χ0n) is 14.4. The maximum Gasteiger partial charge on any atom is 0.348 e. The predicted octanol–water partition coefficient (Wildman–Crippen LogP) is 3.20. The fraction of sp³-hybridized carbons (Fsp3) is 0.474. The lowest BCUT2D eigenvalue weighted by molar-refractivity contribution is -0.222. The summed E-state index contributed by atoms with van der Waals surface area (Å²) >= 11 is 0. The molecule has 2 fully saturated rings. The third kappa shape index (κ3) is 3.45. The van der Waals surface area contributed by atoms with E-state index in [1.807, 2.05) is 19.1 Å². The highest BCUT2D eigenvalue weighted by Gasteiger charge is 2.38. The van der Waals surface area contributed by atoms with Crippen molar-refractivity contribution in [2.45, 2.75) is 45.8 Å². The lowest BCUT2D eigenvalue weighted by Crippen LogP contribution is -2.41. The second kappa shape index (κ2) is 6.30. The van der Waals surface area contributed by atoms with E-state index in [4.69, 9.17) is 9.47 Å². The molecule has 2 saturated heterocycles. The zero-order chi connectivity index (χ0) is 17.3. The predicted molar refractivity (Wildman–Crippen MR) is 91.5 cm³/mol. The Bertz CT molecular complexity index is 677. The Morgan fingerprint density at radius 2 is 1.67 bits per heavy atom. The van der Waals surface area contributed by atoms with Gasteiger partial charge in [-0.25, -0.2) is 9.59 Å². The number of rotatable bonds is 2. The summed E-state index contributed by atoms with van der Waals surface area (Å²) in [5, 5.41) is 0. The number of carbonyl (C=O) groups is 2. The number of piperidine rings is 1. The van der Waals surface area contributed by atoms with Gasteiger partial charge in [0.05, 0.1) is 0 Å². The number of carbonyl (C=O) groups excluding carboxylic acids is 2. The molecule has 0 spiro atoms. The first-order valence-corrected chi connectivity index (χ1v) is 8.40. The third-order valence-electron chi connectivity index (χ3n) is 4.39. The fourth-order valence-corrected chi connectivity index (χ4v) is 3.10. The molecule has 0 saturated carbocycles. The number of ether oxygens (including phenoxy) is 2. The van der Waals surface area contributed by atoms with Crippen LogP contribution in [0.2, 0.25) is 0 Å². The molecule has 5 heteroatoms. The van der Waals surface area contributed by atoms with Crippen molar-refractivity contribution in [3.05, 3.63) is 34.9 Å². The molecule has 1 aromatic rings. The maximum absolute atomic E-state index is 12.1. The molecule has 0 unspecified atom stereocenters. The molecule has 1 aromatic carbocycles. The van der Waals surface area contributed by atoms with E-state index in [-0.39, 0.29) is 5.57 Å². The van der Waals surface area contributed by atoms with Gasteiger partial charge in [-0.1, -0.05) is 6.07 Å². The SMILES string of the molecule is Cc1cc(N2CCCCC2)ccc1C=C1C(=O)OC(C)(C)OC1=O. The zero-order valence-corrected chi connectivity index (χ0v) is 14.4. The van der Waals surface area contributed by atoms with Crippen molar-refractivity contribution in [2.75, 3.05) is 18.0 Å². The number of anilines is 1. The summed E-state index contributed by atoms with van der Waals surface area (Å²) in [6.07, 6.45) is 5.28. The Kier molecular flexibility index (Phi) is 4.35. The van der Waals surface area contributed by atoms with Gasteiger partial charge in [0.2, 0.25) is 0 Å². The molecule has 3 rings (SSSR count). The van der Waals surface area contributed by atoms with Gasteiger partial charge >= 0.3 is 11.9 Å². The summed E-state index contributed by atoms with van der Waals surface area (Å²) in [7, 11) is 0. The Morgan fingerprint density at radius 3 is 2.25 bits per heavy atom. The van der Waals surface area contributed by atoms with Crippen molar-refractivity contribution in [3.63, 3.8) is 0 Å². The van der Waals surface area contributed by atoms with Gasteiger partial charge in [-0.2, -0.15) is 0 Å².